The molecule has 3 atom stereocenters. The summed E-state index contributed by atoms with van der Waals surface area (Å²) in [7, 11) is 0. The van der Waals surface area contributed by atoms with E-state index >= 15 is 0 Å². The molecule has 1 rings (SSSR count). The Labute approximate surface area is 76.4 Å². The Kier molecular flexibility index (Phi) is 2.76. The topological polar surface area (TPSA) is 0 Å². The summed E-state index contributed by atoms with van der Waals surface area (Å²) in [5.74, 6) is 2.05. The van der Waals surface area contributed by atoms with Crippen LogP contribution in [0.15, 0.2) is 24.3 Å². The Morgan fingerprint density at radius 1 is 1.00 bits per heavy atom. The number of allylic oxidation sites excluding steroid dienone is 2. The van der Waals surface area contributed by atoms with Crippen molar-refractivity contribution >= 4 is 0 Å². The van der Waals surface area contributed by atoms with Crippen molar-refractivity contribution in [2.45, 2.75) is 33.6 Å². The summed E-state index contributed by atoms with van der Waals surface area (Å²) in [6, 6.07) is 0. The summed E-state index contributed by atoms with van der Waals surface area (Å²) in [6.07, 6.45) is 2.60. The van der Waals surface area contributed by atoms with Gasteiger partial charge in [0.05, 0.1) is 0 Å². The van der Waals surface area contributed by atoms with Gasteiger partial charge in [0.2, 0.25) is 0 Å². The SMILES string of the molecule is C=C1C(=C)C(C)C(C)CCC1C. The van der Waals surface area contributed by atoms with Crippen LogP contribution >= 0.6 is 0 Å². The van der Waals surface area contributed by atoms with E-state index in [1.807, 2.05) is 0 Å². The number of hydrogen-bond acceptors (Lipinski definition) is 0. The Balaban J connectivity index is 2.82. The molecule has 1 saturated carbocycles. The quantitative estimate of drug-likeness (QED) is 0.478. The van der Waals surface area contributed by atoms with Gasteiger partial charge in [0, 0.05) is 0 Å². The first-order chi connectivity index (χ1) is 5.54. The molecular formula is C12H20. The summed E-state index contributed by atoms with van der Waals surface area (Å²) in [4.78, 5) is 0. The fourth-order valence-corrected chi connectivity index (χ4v) is 1.89. The van der Waals surface area contributed by atoms with Gasteiger partial charge in [0.15, 0.2) is 0 Å². The van der Waals surface area contributed by atoms with Crippen LogP contribution in [0.3, 0.4) is 0 Å². The molecule has 0 aromatic carbocycles. The third-order valence-corrected chi connectivity index (χ3v) is 3.47. The van der Waals surface area contributed by atoms with Crippen LogP contribution in [-0.2, 0) is 0 Å². The average molecular weight is 164 g/mol. The molecule has 1 aliphatic rings. The summed E-state index contributed by atoms with van der Waals surface area (Å²) in [6.45, 7) is 15.1. The molecule has 0 N–H and O–H groups in total. The van der Waals surface area contributed by atoms with Gasteiger partial charge in [-0.25, -0.2) is 0 Å². The normalized spacial score (nSPS) is 38.1. The molecule has 0 spiro atoms. The average Bonchev–Trinajstić information content (AvgIpc) is 2.14. The largest absolute Gasteiger partial charge is 0.0953 e. The van der Waals surface area contributed by atoms with E-state index in [0.29, 0.717) is 11.8 Å². The molecule has 1 aliphatic carbocycles. The van der Waals surface area contributed by atoms with Crippen molar-refractivity contribution in [3.8, 4) is 0 Å². The standard InChI is InChI=1S/C12H20/c1-8-6-7-9(2)11(4)12(5)10(8)3/h8-9,11H,3,5-7H2,1-2,4H3. The zero-order valence-electron chi connectivity index (χ0n) is 8.56. The van der Waals surface area contributed by atoms with Crippen LogP contribution in [0.25, 0.3) is 0 Å². The van der Waals surface area contributed by atoms with Crippen molar-refractivity contribution in [3.05, 3.63) is 24.3 Å². The zero-order valence-corrected chi connectivity index (χ0v) is 8.56. The van der Waals surface area contributed by atoms with E-state index in [2.05, 4.69) is 33.9 Å². The first-order valence-electron chi connectivity index (χ1n) is 4.92. The molecule has 0 heteroatoms. The summed E-state index contributed by atoms with van der Waals surface area (Å²) >= 11 is 0. The third-order valence-electron chi connectivity index (χ3n) is 3.47. The van der Waals surface area contributed by atoms with Gasteiger partial charge in [0.1, 0.15) is 0 Å². The molecule has 12 heavy (non-hydrogen) atoms. The first kappa shape index (κ1) is 9.57. The minimum Gasteiger partial charge on any atom is -0.0953 e. The molecule has 0 amide bonds. The van der Waals surface area contributed by atoms with E-state index < -0.39 is 0 Å². The second kappa shape index (κ2) is 3.47. The molecule has 0 radical (unpaired) electrons. The van der Waals surface area contributed by atoms with Crippen LogP contribution in [0.2, 0.25) is 0 Å². The zero-order chi connectivity index (χ0) is 9.30. The van der Waals surface area contributed by atoms with Gasteiger partial charge in [-0.3, -0.25) is 0 Å². The van der Waals surface area contributed by atoms with Crippen LogP contribution in [0, 0.1) is 17.8 Å². The van der Waals surface area contributed by atoms with Gasteiger partial charge in [-0.15, -0.1) is 0 Å². The molecule has 0 aliphatic heterocycles. The van der Waals surface area contributed by atoms with Gasteiger partial charge in [-0.05, 0) is 41.7 Å². The highest BCUT2D eigenvalue weighted by Crippen LogP contribution is 2.36. The second-order valence-corrected chi connectivity index (χ2v) is 4.29. The summed E-state index contributed by atoms with van der Waals surface area (Å²) in [5, 5.41) is 0. The van der Waals surface area contributed by atoms with Crippen molar-refractivity contribution in [3.63, 3.8) is 0 Å². The molecule has 0 aromatic heterocycles. The van der Waals surface area contributed by atoms with E-state index in [1.54, 1.807) is 0 Å². The van der Waals surface area contributed by atoms with Crippen molar-refractivity contribution in [2.75, 3.05) is 0 Å². The maximum atomic E-state index is 4.14. The highest BCUT2D eigenvalue weighted by molar-refractivity contribution is 5.30. The summed E-state index contributed by atoms with van der Waals surface area (Å²) < 4.78 is 0. The van der Waals surface area contributed by atoms with Gasteiger partial charge in [-0.2, -0.15) is 0 Å². The van der Waals surface area contributed by atoms with Crippen LogP contribution in [-0.4, -0.2) is 0 Å². The Hall–Kier alpha value is -0.520. The van der Waals surface area contributed by atoms with Gasteiger partial charge in [-0.1, -0.05) is 33.9 Å². The summed E-state index contributed by atoms with van der Waals surface area (Å²) in [5.41, 5.74) is 2.57. The molecule has 1 fully saturated rings. The predicted octanol–water partition coefficient (Wildman–Crippen LogP) is 3.80. The lowest BCUT2D eigenvalue weighted by Gasteiger charge is -2.19. The first-order valence-corrected chi connectivity index (χ1v) is 4.92. The highest BCUT2D eigenvalue weighted by atomic mass is 14.3. The van der Waals surface area contributed by atoms with Gasteiger partial charge < -0.3 is 0 Å². The van der Waals surface area contributed by atoms with E-state index in [4.69, 9.17) is 0 Å². The van der Waals surface area contributed by atoms with E-state index in [-0.39, 0.29) is 0 Å². The third kappa shape index (κ3) is 1.63. The van der Waals surface area contributed by atoms with Crippen LogP contribution < -0.4 is 0 Å². The number of rotatable bonds is 0. The highest BCUT2D eigenvalue weighted by Gasteiger charge is 2.24. The van der Waals surface area contributed by atoms with Gasteiger partial charge >= 0.3 is 0 Å². The molecule has 3 unspecified atom stereocenters. The smallest absolute Gasteiger partial charge is 0.0168 e. The van der Waals surface area contributed by atoms with Crippen LogP contribution in [0.1, 0.15) is 33.6 Å². The minimum absolute atomic E-state index is 0.627. The lowest BCUT2D eigenvalue weighted by molar-refractivity contribution is 0.411. The lowest BCUT2D eigenvalue weighted by Crippen LogP contribution is -2.08. The Bertz CT molecular complexity index is 200. The fraction of sp³-hybridized carbons (Fsp3) is 0.667. The minimum atomic E-state index is 0.627. The van der Waals surface area contributed by atoms with Gasteiger partial charge in [0.25, 0.3) is 0 Å². The van der Waals surface area contributed by atoms with Crippen LogP contribution in [0.5, 0.6) is 0 Å². The van der Waals surface area contributed by atoms with Crippen molar-refractivity contribution in [1.82, 2.24) is 0 Å². The molecule has 0 nitrogen and oxygen atoms in total. The fourth-order valence-electron chi connectivity index (χ4n) is 1.89. The van der Waals surface area contributed by atoms with Crippen molar-refractivity contribution < 1.29 is 0 Å². The lowest BCUT2D eigenvalue weighted by atomic mass is 9.86. The number of hydrogen-bond donors (Lipinski definition) is 0. The van der Waals surface area contributed by atoms with E-state index in [0.717, 1.165) is 5.92 Å². The van der Waals surface area contributed by atoms with Crippen molar-refractivity contribution in [1.29, 1.82) is 0 Å². The molecule has 0 bridgehead atoms. The predicted molar refractivity (Wildman–Crippen MR) is 55.0 cm³/mol. The molecule has 0 saturated heterocycles. The molecule has 0 heterocycles. The Morgan fingerprint density at radius 3 is 2.17 bits per heavy atom. The maximum absolute atomic E-state index is 4.14. The molecule has 0 aromatic rings. The van der Waals surface area contributed by atoms with Crippen LogP contribution in [0.4, 0.5) is 0 Å². The maximum Gasteiger partial charge on any atom is -0.0168 e. The van der Waals surface area contributed by atoms with Crippen molar-refractivity contribution in [2.24, 2.45) is 17.8 Å². The molecular weight excluding hydrogens is 144 g/mol. The van der Waals surface area contributed by atoms with E-state index in [9.17, 15) is 0 Å². The Morgan fingerprint density at radius 2 is 1.58 bits per heavy atom. The van der Waals surface area contributed by atoms with E-state index in [1.165, 1.54) is 24.0 Å². The monoisotopic (exact) mass is 164 g/mol. The molecule has 68 valence electrons. The second-order valence-electron chi connectivity index (χ2n) is 4.29.